The molecule has 0 spiro atoms. The van der Waals surface area contributed by atoms with E-state index in [1.807, 2.05) is 37.3 Å². The Kier molecular flexibility index (Phi) is 3.43. The van der Waals surface area contributed by atoms with Crippen LogP contribution in [-0.4, -0.2) is 25.6 Å². The Labute approximate surface area is 160 Å². The zero-order valence-electron chi connectivity index (χ0n) is 15.2. The van der Waals surface area contributed by atoms with Gasteiger partial charge in [0.15, 0.2) is 17.3 Å². The fourth-order valence-corrected chi connectivity index (χ4v) is 3.80. The van der Waals surface area contributed by atoms with E-state index in [9.17, 15) is 5.26 Å². The number of ether oxygens (including phenoxy) is 4. The second-order valence-electron chi connectivity index (χ2n) is 6.70. The lowest BCUT2D eigenvalue weighted by molar-refractivity contribution is 0.171. The number of aryl methyl sites for hydroxylation is 1. The number of nitrogens with one attached hydrogen (secondary N) is 1. The first kappa shape index (κ1) is 16.4. The smallest absolute Gasteiger partial charge is 0.231 e. The summed E-state index contributed by atoms with van der Waals surface area (Å²) in [6.07, 6.45) is 0. The van der Waals surface area contributed by atoms with Crippen molar-refractivity contribution >= 4 is 11.7 Å². The maximum Gasteiger partial charge on any atom is 0.231 e. The fraction of sp³-hybridized carbons (Fsp3) is 0.190. The van der Waals surface area contributed by atoms with Crippen LogP contribution in [0.3, 0.4) is 0 Å². The SMILES string of the molecule is COc1cc(C2C3=C(C#N)C(=N)N=C3Oc3cc(C)ccc32)cc2c1OCO2. The van der Waals surface area contributed by atoms with Crippen molar-refractivity contribution in [2.24, 2.45) is 4.99 Å². The van der Waals surface area contributed by atoms with Crippen molar-refractivity contribution in [3.05, 3.63) is 58.2 Å². The first-order valence-electron chi connectivity index (χ1n) is 8.69. The number of methoxy groups -OCH3 is 1. The summed E-state index contributed by atoms with van der Waals surface area (Å²) >= 11 is 0. The number of aliphatic imine (C=N–C) groups is 1. The van der Waals surface area contributed by atoms with E-state index in [0.29, 0.717) is 34.5 Å². The molecule has 0 radical (unpaired) electrons. The van der Waals surface area contributed by atoms with Crippen LogP contribution in [0.4, 0.5) is 0 Å². The molecule has 1 N–H and O–H groups in total. The Hall–Kier alpha value is -3.79. The van der Waals surface area contributed by atoms with Gasteiger partial charge >= 0.3 is 0 Å². The van der Waals surface area contributed by atoms with Gasteiger partial charge in [-0.25, -0.2) is 0 Å². The third kappa shape index (κ3) is 2.21. The molecule has 0 fully saturated rings. The molecule has 0 aromatic heterocycles. The van der Waals surface area contributed by atoms with Crippen molar-refractivity contribution < 1.29 is 18.9 Å². The van der Waals surface area contributed by atoms with Crippen LogP contribution in [0.15, 0.2) is 46.5 Å². The molecule has 2 aromatic rings. The van der Waals surface area contributed by atoms with Crippen LogP contribution in [-0.2, 0) is 0 Å². The van der Waals surface area contributed by atoms with Crippen molar-refractivity contribution in [1.82, 2.24) is 0 Å². The van der Waals surface area contributed by atoms with E-state index < -0.39 is 0 Å². The molecule has 138 valence electrons. The molecule has 1 unspecified atom stereocenters. The van der Waals surface area contributed by atoms with Gasteiger partial charge in [0.25, 0.3) is 0 Å². The standard InChI is InChI=1S/C21H15N3O4/c1-10-3-4-12-14(5-10)28-21-18(13(8-22)20(23)24-21)17(12)11-6-15(25-2)19-16(7-11)26-9-27-19/h3-7,17,23H,9H2,1-2H3. The van der Waals surface area contributed by atoms with Crippen LogP contribution in [0.1, 0.15) is 22.6 Å². The molecular weight excluding hydrogens is 358 g/mol. The molecule has 7 nitrogen and oxygen atoms in total. The average molecular weight is 373 g/mol. The highest BCUT2D eigenvalue weighted by Gasteiger charge is 2.40. The topological polar surface area (TPSA) is 96.9 Å². The first-order valence-corrected chi connectivity index (χ1v) is 8.69. The minimum absolute atomic E-state index is 0.0882. The van der Waals surface area contributed by atoms with Crippen LogP contribution in [0.5, 0.6) is 23.0 Å². The summed E-state index contributed by atoms with van der Waals surface area (Å²) in [5.74, 6) is 2.22. The minimum Gasteiger partial charge on any atom is -0.493 e. The van der Waals surface area contributed by atoms with Gasteiger partial charge in [-0.05, 0) is 36.2 Å². The molecule has 0 saturated carbocycles. The van der Waals surface area contributed by atoms with Gasteiger partial charge in [0.2, 0.25) is 18.4 Å². The van der Waals surface area contributed by atoms with Crippen molar-refractivity contribution in [2.75, 3.05) is 13.9 Å². The molecule has 1 atom stereocenters. The number of amidine groups is 1. The Morgan fingerprint density at radius 3 is 2.86 bits per heavy atom. The van der Waals surface area contributed by atoms with Gasteiger partial charge in [0.1, 0.15) is 17.4 Å². The van der Waals surface area contributed by atoms with Crippen molar-refractivity contribution in [1.29, 1.82) is 10.7 Å². The van der Waals surface area contributed by atoms with Crippen LogP contribution >= 0.6 is 0 Å². The number of nitrogens with zero attached hydrogens (tertiary/aromatic N) is 2. The van der Waals surface area contributed by atoms with Crippen molar-refractivity contribution in [2.45, 2.75) is 12.8 Å². The van der Waals surface area contributed by atoms with E-state index in [1.54, 1.807) is 7.11 Å². The summed E-state index contributed by atoms with van der Waals surface area (Å²) in [6.45, 7) is 2.11. The molecule has 7 heteroatoms. The normalized spacial score (nSPS) is 18.8. The monoisotopic (exact) mass is 373 g/mol. The Morgan fingerprint density at radius 1 is 1.21 bits per heavy atom. The largest absolute Gasteiger partial charge is 0.493 e. The highest BCUT2D eigenvalue weighted by molar-refractivity contribution is 6.21. The van der Waals surface area contributed by atoms with Crippen LogP contribution < -0.4 is 18.9 Å². The first-order chi connectivity index (χ1) is 13.6. The van der Waals surface area contributed by atoms with Crippen molar-refractivity contribution in [3.8, 4) is 29.1 Å². The molecule has 0 aliphatic carbocycles. The zero-order chi connectivity index (χ0) is 19.4. The van der Waals surface area contributed by atoms with E-state index in [1.165, 1.54) is 0 Å². The second kappa shape index (κ2) is 5.86. The van der Waals surface area contributed by atoms with E-state index >= 15 is 0 Å². The van der Waals surface area contributed by atoms with Gasteiger partial charge in [-0.3, -0.25) is 5.41 Å². The number of nitriles is 1. The predicted molar refractivity (Wildman–Crippen MR) is 101 cm³/mol. The average Bonchev–Trinajstić information content (AvgIpc) is 3.28. The van der Waals surface area contributed by atoms with Crippen molar-refractivity contribution in [3.63, 3.8) is 0 Å². The van der Waals surface area contributed by atoms with Gasteiger partial charge < -0.3 is 18.9 Å². The number of rotatable bonds is 2. The van der Waals surface area contributed by atoms with Gasteiger partial charge in [-0.2, -0.15) is 10.3 Å². The molecular formula is C21H15N3O4. The molecule has 3 aliphatic heterocycles. The van der Waals surface area contributed by atoms with Gasteiger partial charge in [0.05, 0.1) is 7.11 Å². The maximum absolute atomic E-state index is 9.64. The summed E-state index contributed by atoms with van der Waals surface area (Å²) in [4.78, 5) is 4.18. The van der Waals surface area contributed by atoms with Gasteiger partial charge in [0, 0.05) is 17.1 Å². The summed E-state index contributed by atoms with van der Waals surface area (Å²) < 4.78 is 22.5. The third-order valence-electron chi connectivity index (χ3n) is 5.05. The minimum atomic E-state index is -0.344. The summed E-state index contributed by atoms with van der Waals surface area (Å²) in [6, 6.07) is 11.8. The van der Waals surface area contributed by atoms with Gasteiger partial charge in [-0.15, -0.1) is 0 Å². The lowest BCUT2D eigenvalue weighted by atomic mass is 9.80. The quantitative estimate of drug-likeness (QED) is 0.869. The Bertz CT molecular complexity index is 1160. The number of fused-ring (bicyclic) bond motifs is 3. The lowest BCUT2D eigenvalue weighted by Crippen LogP contribution is -2.24. The van der Waals surface area contributed by atoms with Crippen LogP contribution in [0, 0.1) is 23.7 Å². The van der Waals surface area contributed by atoms with E-state index in [4.69, 9.17) is 24.4 Å². The molecule has 3 heterocycles. The van der Waals surface area contributed by atoms with Crippen LogP contribution in [0.2, 0.25) is 0 Å². The summed E-state index contributed by atoms with van der Waals surface area (Å²) in [5, 5.41) is 17.7. The molecule has 0 bridgehead atoms. The number of hydrogen-bond donors (Lipinski definition) is 1. The zero-order valence-corrected chi connectivity index (χ0v) is 15.2. The fourth-order valence-electron chi connectivity index (χ4n) is 3.80. The Balaban J connectivity index is 1.79. The molecule has 5 rings (SSSR count). The third-order valence-corrected chi connectivity index (χ3v) is 5.05. The molecule has 3 aliphatic rings. The maximum atomic E-state index is 9.64. The summed E-state index contributed by atoms with van der Waals surface area (Å²) in [5.41, 5.74) is 3.58. The van der Waals surface area contributed by atoms with Gasteiger partial charge in [-0.1, -0.05) is 12.1 Å². The van der Waals surface area contributed by atoms with Crippen LogP contribution in [0.25, 0.3) is 0 Å². The van der Waals surface area contributed by atoms with E-state index in [0.717, 1.165) is 16.7 Å². The number of hydrogen-bond acceptors (Lipinski definition) is 6. The number of benzene rings is 2. The highest BCUT2D eigenvalue weighted by atomic mass is 16.7. The lowest BCUT2D eigenvalue weighted by Gasteiger charge is -2.28. The second-order valence-corrected chi connectivity index (χ2v) is 6.70. The summed E-state index contributed by atoms with van der Waals surface area (Å²) in [7, 11) is 1.57. The van der Waals surface area contributed by atoms with E-state index in [2.05, 4.69) is 11.1 Å². The van der Waals surface area contributed by atoms with E-state index in [-0.39, 0.29) is 24.1 Å². The molecule has 0 amide bonds. The molecule has 0 saturated heterocycles. The predicted octanol–water partition coefficient (Wildman–Crippen LogP) is 3.47. The molecule has 2 aromatic carbocycles. The Morgan fingerprint density at radius 2 is 2.07 bits per heavy atom. The molecule has 28 heavy (non-hydrogen) atoms. The highest BCUT2D eigenvalue weighted by Crippen LogP contribution is 2.50.